The van der Waals surface area contributed by atoms with Crippen molar-refractivity contribution in [3.8, 4) is 0 Å². The molecule has 1 spiro atoms. The number of benzene rings is 1. The number of hydrogen-bond donors (Lipinski definition) is 1. The highest BCUT2D eigenvalue weighted by atomic mass is 16.7. The summed E-state index contributed by atoms with van der Waals surface area (Å²) in [5.41, 5.74) is 1.26. The quantitative estimate of drug-likeness (QED) is 0.890. The zero-order valence-corrected chi connectivity index (χ0v) is 15.4. The van der Waals surface area contributed by atoms with Crippen LogP contribution in [0.15, 0.2) is 30.3 Å². The lowest BCUT2D eigenvalue weighted by Gasteiger charge is -2.38. The van der Waals surface area contributed by atoms with Crippen LogP contribution in [-0.2, 0) is 15.9 Å². The number of piperidine rings is 1. The summed E-state index contributed by atoms with van der Waals surface area (Å²) in [4.78, 5) is 14.6. The molecule has 5 nitrogen and oxygen atoms in total. The second kappa shape index (κ2) is 8.19. The third kappa shape index (κ3) is 4.73. The van der Waals surface area contributed by atoms with Crippen molar-refractivity contribution in [2.75, 3.05) is 19.7 Å². The van der Waals surface area contributed by atoms with Crippen LogP contribution in [0.3, 0.4) is 0 Å². The number of rotatable bonds is 5. The maximum atomic E-state index is 12.7. The van der Waals surface area contributed by atoms with E-state index in [1.807, 2.05) is 30.0 Å². The van der Waals surface area contributed by atoms with Gasteiger partial charge in [0.15, 0.2) is 5.79 Å². The summed E-state index contributed by atoms with van der Waals surface area (Å²) in [5.74, 6) is -0.455. The molecule has 5 heteroatoms. The highest BCUT2D eigenvalue weighted by molar-refractivity contribution is 5.74. The summed E-state index contributed by atoms with van der Waals surface area (Å²) < 4.78 is 11.8. The van der Waals surface area contributed by atoms with Crippen LogP contribution in [-0.4, -0.2) is 48.6 Å². The molecule has 2 heterocycles. The van der Waals surface area contributed by atoms with E-state index in [1.54, 1.807) is 0 Å². The van der Waals surface area contributed by atoms with Crippen LogP contribution in [0.1, 0.15) is 45.1 Å². The van der Waals surface area contributed by atoms with Gasteiger partial charge in [0.1, 0.15) is 0 Å². The molecule has 2 amide bonds. The molecule has 2 aliphatic rings. The van der Waals surface area contributed by atoms with E-state index < -0.39 is 5.79 Å². The van der Waals surface area contributed by atoms with Crippen LogP contribution in [0.4, 0.5) is 4.79 Å². The fourth-order valence-electron chi connectivity index (χ4n) is 3.75. The van der Waals surface area contributed by atoms with Crippen LogP contribution in [0.5, 0.6) is 0 Å². The van der Waals surface area contributed by atoms with Gasteiger partial charge < -0.3 is 19.7 Å². The first-order valence-corrected chi connectivity index (χ1v) is 9.51. The largest absolute Gasteiger partial charge is 0.347 e. The number of hydrogen-bond acceptors (Lipinski definition) is 3. The normalized spacial score (nSPS) is 23.6. The molecule has 25 heavy (non-hydrogen) atoms. The Hall–Kier alpha value is -1.59. The Morgan fingerprint density at radius 2 is 2.04 bits per heavy atom. The lowest BCUT2D eigenvalue weighted by atomic mass is 10.0. The molecule has 1 aromatic carbocycles. The maximum Gasteiger partial charge on any atom is 0.317 e. The van der Waals surface area contributed by atoms with E-state index in [2.05, 4.69) is 24.4 Å². The number of ether oxygens (including phenoxy) is 2. The predicted octanol–water partition coefficient (Wildman–Crippen LogP) is 3.33. The van der Waals surface area contributed by atoms with E-state index in [0.717, 1.165) is 32.1 Å². The zero-order chi connectivity index (χ0) is 17.7. The highest BCUT2D eigenvalue weighted by Gasteiger charge is 2.43. The third-order valence-corrected chi connectivity index (χ3v) is 5.10. The van der Waals surface area contributed by atoms with Gasteiger partial charge in [-0.05, 0) is 25.3 Å². The molecular weight excluding hydrogens is 316 g/mol. The van der Waals surface area contributed by atoms with E-state index in [9.17, 15) is 4.79 Å². The van der Waals surface area contributed by atoms with E-state index in [1.165, 1.54) is 5.56 Å². The minimum Gasteiger partial charge on any atom is -0.347 e. The van der Waals surface area contributed by atoms with Crippen molar-refractivity contribution in [3.05, 3.63) is 35.9 Å². The van der Waals surface area contributed by atoms with Gasteiger partial charge >= 0.3 is 6.03 Å². The summed E-state index contributed by atoms with van der Waals surface area (Å²) in [5, 5.41) is 3.23. The molecule has 0 unspecified atom stereocenters. The minimum absolute atomic E-state index is 0.0373. The Labute approximate surface area is 150 Å². The molecule has 2 fully saturated rings. The second-order valence-corrected chi connectivity index (χ2v) is 7.26. The van der Waals surface area contributed by atoms with E-state index in [-0.39, 0.29) is 18.2 Å². The number of carbonyl (C=O) groups excluding carboxylic acids is 1. The van der Waals surface area contributed by atoms with Gasteiger partial charge in [-0.25, -0.2) is 4.79 Å². The number of amides is 2. The van der Waals surface area contributed by atoms with Crippen molar-refractivity contribution >= 4 is 6.03 Å². The number of urea groups is 1. The van der Waals surface area contributed by atoms with Gasteiger partial charge in [-0.2, -0.15) is 0 Å². The lowest BCUT2D eigenvalue weighted by molar-refractivity contribution is -0.189. The molecule has 0 aromatic heterocycles. The zero-order valence-electron chi connectivity index (χ0n) is 15.4. The standard InChI is InChI=1S/C20H30N2O3/c1-3-7-18(14-17-8-5-4-6-9-17)21-19(23)22-12-10-20(11-13-22)24-15-16(2)25-20/h4-6,8-9,16,18H,3,7,10-15H2,1-2H3,(H,21,23)/t16-,18+/m1/s1. The van der Waals surface area contributed by atoms with Crippen molar-refractivity contribution in [1.82, 2.24) is 10.2 Å². The first-order valence-electron chi connectivity index (χ1n) is 9.51. The van der Waals surface area contributed by atoms with Crippen molar-refractivity contribution < 1.29 is 14.3 Å². The van der Waals surface area contributed by atoms with Crippen LogP contribution in [0.2, 0.25) is 0 Å². The van der Waals surface area contributed by atoms with Gasteiger partial charge in [0, 0.05) is 32.0 Å². The van der Waals surface area contributed by atoms with Gasteiger partial charge in [0.2, 0.25) is 0 Å². The average Bonchev–Trinajstić information content (AvgIpc) is 2.97. The SMILES string of the molecule is CCC[C@@H](Cc1ccccc1)NC(=O)N1CCC2(CC1)OC[C@@H](C)O2. The van der Waals surface area contributed by atoms with Gasteiger partial charge in [0.05, 0.1) is 12.7 Å². The number of likely N-dealkylation sites (tertiary alicyclic amines) is 1. The van der Waals surface area contributed by atoms with Gasteiger partial charge in [-0.3, -0.25) is 0 Å². The Morgan fingerprint density at radius 1 is 1.32 bits per heavy atom. The van der Waals surface area contributed by atoms with Gasteiger partial charge in [0.25, 0.3) is 0 Å². The molecular formula is C20H30N2O3. The first-order chi connectivity index (χ1) is 12.1. The number of carbonyl (C=O) groups is 1. The van der Waals surface area contributed by atoms with Crippen LogP contribution in [0, 0.1) is 0 Å². The lowest BCUT2D eigenvalue weighted by Crippen LogP contribution is -2.52. The number of nitrogens with one attached hydrogen (secondary N) is 1. The number of nitrogens with zero attached hydrogens (tertiary/aromatic N) is 1. The summed E-state index contributed by atoms with van der Waals surface area (Å²) >= 11 is 0. The first kappa shape index (κ1) is 18.2. The Morgan fingerprint density at radius 3 is 2.64 bits per heavy atom. The van der Waals surface area contributed by atoms with Gasteiger partial charge in [-0.15, -0.1) is 0 Å². The summed E-state index contributed by atoms with van der Waals surface area (Å²) in [6, 6.07) is 10.6. The minimum atomic E-state index is -0.455. The molecule has 0 radical (unpaired) electrons. The van der Waals surface area contributed by atoms with E-state index in [4.69, 9.17) is 9.47 Å². The van der Waals surface area contributed by atoms with Crippen molar-refractivity contribution in [2.45, 2.75) is 63.9 Å². The summed E-state index contributed by atoms with van der Waals surface area (Å²) in [7, 11) is 0. The Kier molecular flexibility index (Phi) is 5.97. The smallest absolute Gasteiger partial charge is 0.317 e. The fourth-order valence-corrected chi connectivity index (χ4v) is 3.75. The molecule has 2 atom stereocenters. The molecule has 0 aliphatic carbocycles. The Balaban J connectivity index is 1.51. The molecule has 3 rings (SSSR count). The van der Waals surface area contributed by atoms with Crippen LogP contribution >= 0.6 is 0 Å². The maximum absolute atomic E-state index is 12.7. The van der Waals surface area contributed by atoms with E-state index in [0.29, 0.717) is 19.7 Å². The highest BCUT2D eigenvalue weighted by Crippen LogP contribution is 2.33. The molecule has 138 valence electrons. The van der Waals surface area contributed by atoms with E-state index >= 15 is 0 Å². The summed E-state index contributed by atoms with van der Waals surface area (Å²) in [6.45, 7) is 6.21. The van der Waals surface area contributed by atoms with Crippen LogP contribution < -0.4 is 5.32 Å². The molecule has 2 aliphatic heterocycles. The average molecular weight is 346 g/mol. The van der Waals surface area contributed by atoms with Crippen LogP contribution in [0.25, 0.3) is 0 Å². The van der Waals surface area contributed by atoms with Crippen molar-refractivity contribution in [2.24, 2.45) is 0 Å². The second-order valence-electron chi connectivity index (χ2n) is 7.26. The Bertz CT molecular complexity index is 555. The molecule has 1 N–H and O–H groups in total. The third-order valence-electron chi connectivity index (χ3n) is 5.10. The predicted molar refractivity (Wildman–Crippen MR) is 97.4 cm³/mol. The monoisotopic (exact) mass is 346 g/mol. The van der Waals surface area contributed by atoms with Crippen molar-refractivity contribution in [1.29, 1.82) is 0 Å². The molecule has 1 aromatic rings. The molecule has 0 saturated carbocycles. The molecule has 0 bridgehead atoms. The topological polar surface area (TPSA) is 50.8 Å². The van der Waals surface area contributed by atoms with Crippen molar-refractivity contribution in [3.63, 3.8) is 0 Å². The summed E-state index contributed by atoms with van der Waals surface area (Å²) in [6.07, 6.45) is 4.58. The molecule has 2 saturated heterocycles. The van der Waals surface area contributed by atoms with Gasteiger partial charge in [-0.1, -0.05) is 43.7 Å². The fraction of sp³-hybridized carbons (Fsp3) is 0.650.